The molecule has 8 nitrogen and oxygen atoms in total. The van der Waals surface area contributed by atoms with Gasteiger partial charge in [0.25, 0.3) is 0 Å². The van der Waals surface area contributed by atoms with Crippen LogP contribution < -0.4 is 5.32 Å². The van der Waals surface area contributed by atoms with E-state index in [0.29, 0.717) is 10.0 Å². The molecule has 0 aliphatic carbocycles. The Kier molecular flexibility index (Phi) is 5.12. The van der Waals surface area contributed by atoms with Gasteiger partial charge < -0.3 is 10.4 Å². The van der Waals surface area contributed by atoms with E-state index in [4.69, 9.17) is 5.11 Å². The van der Waals surface area contributed by atoms with Crippen LogP contribution >= 0.6 is 15.9 Å². The summed E-state index contributed by atoms with van der Waals surface area (Å²) >= 11 is 3.29. The highest BCUT2D eigenvalue weighted by Gasteiger charge is 2.13. The van der Waals surface area contributed by atoms with Crippen molar-refractivity contribution in [1.29, 1.82) is 0 Å². The first-order valence-corrected chi connectivity index (χ1v) is 8.24. The Hall–Kier alpha value is -3.01. The number of aromatic carboxylic acids is 1. The van der Waals surface area contributed by atoms with Crippen molar-refractivity contribution >= 4 is 33.6 Å². The van der Waals surface area contributed by atoms with Crippen molar-refractivity contribution in [1.82, 2.24) is 19.6 Å². The predicted molar refractivity (Wildman–Crippen MR) is 93.2 cm³/mol. The van der Waals surface area contributed by atoms with Gasteiger partial charge in [0.2, 0.25) is 5.91 Å². The highest BCUT2D eigenvalue weighted by Crippen LogP contribution is 2.21. The number of carbonyl (C=O) groups is 2. The molecular weight excluding hydrogens is 409 g/mol. The van der Waals surface area contributed by atoms with E-state index in [1.807, 2.05) is 0 Å². The van der Waals surface area contributed by atoms with Crippen LogP contribution in [0.4, 0.5) is 10.2 Å². The standard InChI is InChI=1S/C16H13BrFN5O3/c17-11-8-23(7-10-3-1-2-4-12(10)18)21-15(11)19-14(24)9-22-6-5-13(20-22)16(25)26/h1-6,8H,7,9H2,(H,25,26)(H,19,21,24). The molecule has 0 saturated heterocycles. The lowest BCUT2D eigenvalue weighted by atomic mass is 10.2. The van der Waals surface area contributed by atoms with Gasteiger partial charge >= 0.3 is 5.97 Å². The van der Waals surface area contributed by atoms with Crippen molar-refractivity contribution in [2.24, 2.45) is 0 Å². The summed E-state index contributed by atoms with van der Waals surface area (Å²) in [5, 5.41) is 19.4. The maximum absolute atomic E-state index is 13.7. The van der Waals surface area contributed by atoms with Gasteiger partial charge in [0.15, 0.2) is 11.5 Å². The third-order valence-corrected chi connectivity index (χ3v) is 4.01. The van der Waals surface area contributed by atoms with Crippen LogP contribution in [0.2, 0.25) is 0 Å². The average molecular weight is 422 g/mol. The number of hydrogen-bond acceptors (Lipinski definition) is 4. The molecule has 10 heteroatoms. The molecule has 2 N–H and O–H groups in total. The Morgan fingerprint density at radius 2 is 1.96 bits per heavy atom. The van der Waals surface area contributed by atoms with Crippen LogP contribution in [0, 0.1) is 5.82 Å². The van der Waals surface area contributed by atoms with E-state index >= 15 is 0 Å². The molecule has 1 aromatic carbocycles. The van der Waals surface area contributed by atoms with Gasteiger partial charge in [-0.3, -0.25) is 14.2 Å². The third-order valence-electron chi connectivity index (χ3n) is 3.43. The first kappa shape index (κ1) is 17.8. The number of nitrogens with zero attached hydrogens (tertiary/aromatic N) is 4. The molecule has 3 aromatic rings. The molecule has 0 aliphatic rings. The van der Waals surface area contributed by atoms with Gasteiger partial charge in [0, 0.05) is 18.0 Å². The third kappa shape index (κ3) is 4.14. The molecule has 0 spiro atoms. The Balaban J connectivity index is 1.66. The van der Waals surface area contributed by atoms with Crippen molar-refractivity contribution in [3.05, 3.63) is 64.3 Å². The predicted octanol–water partition coefficient (Wildman–Crippen LogP) is 2.37. The molecule has 1 amide bonds. The lowest BCUT2D eigenvalue weighted by molar-refractivity contribution is -0.116. The fourth-order valence-electron chi connectivity index (χ4n) is 2.25. The van der Waals surface area contributed by atoms with E-state index in [2.05, 4.69) is 31.4 Å². The minimum Gasteiger partial charge on any atom is -0.476 e. The van der Waals surface area contributed by atoms with Crippen LogP contribution in [-0.2, 0) is 17.9 Å². The molecule has 0 aliphatic heterocycles. The number of carbonyl (C=O) groups excluding carboxylic acids is 1. The van der Waals surface area contributed by atoms with Crippen molar-refractivity contribution in [3.8, 4) is 0 Å². The molecule has 134 valence electrons. The number of aromatic nitrogens is 4. The summed E-state index contributed by atoms with van der Waals surface area (Å²) in [4.78, 5) is 22.9. The number of nitrogens with one attached hydrogen (secondary N) is 1. The summed E-state index contributed by atoms with van der Waals surface area (Å²) in [6, 6.07) is 7.66. The van der Waals surface area contributed by atoms with Crippen LogP contribution in [0.1, 0.15) is 16.1 Å². The molecule has 2 heterocycles. The number of amides is 1. The number of carboxylic acids is 1. The van der Waals surface area contributed by atoms with E-state index in [1.165, 1.54) is 27.7 Å². The van der Waals surface area contributed by atoms with Gasteiger partial charge in [-0.05, 0) is 28.1 Å². The quantitative estimate of drug-likeness (QED) is 0.635. The van der Waals surface area contributed by atoms with Crippen LogP contribution in [0.25, 0.3) is 0 Å². The van der Waals surface area contributed by atoms with Crippen molar-refractivity contribution in [2.45, 2.75) is 13.1 Å². The first-order chi connectivity index (χ1) is 12.4. The van der Waals surface area contributed by atoms with E-state index < -0.39 is 11.9 Å². The van der Waals surface area contributed by atoms with Gasteiger partial charge in [-0.25, -0.2) is 9.18 Å². The first-order valence-electron chi connectivity index (χ1n) is 7.45. The molecule has 0 atom stereocenters. The largest absolute Gasteiger partial charge is 0.476 e. The molecule has 0 radical (unpaired) electrons. The minimum atomic E-state index is -1.17. The topological polar surface area (TPSA) is 102 Å². The average Bonchev–Trinajstić information content (AvgIpc) is 3.17. The maximum Gasteiger partial charge on any atom is 0.356 e. The van der Waals surface area contributed by atoms with Gasteiger partial charge in [-0.15, -0.1) is 0 Å². The molecule has 2 aromatic heterocycles. The summed E-state index contributed by atoms with van der Waals surface area (Å²) in [5.41, 5.74) is 0.325. The van der Waals surface area contributed by atoms with E-state index in [-0.39, 0.29) is 30.4 Å². The number of halogens is 2. The molecule has 0 unspecified atom stereocenters. The second-order valence-electron chi connectivity index (χ2n) is 5.37. The summed E-state index contributed by atoms with van der Waals surface area (Å²) in [5.74, 6) is -1.66. The van der Waals surface area contributed by atoms with Gasteiger partial charge in [-0.2, -0.15) is 10.2 Å². The fraction of sp³-hybridized carbons (Fsp3) is 0.125. The van der Waals surface area contributed by atoms with E-state index in [0.717, 1.165) is 0 Å². The molecular formula is C16H13BrFN5O3. The van der Waals surface area contributed by atoms with Crippen LogP contribution in [0.5, 0.6) is 0 Å². The minimum absolute atomic E-state index is 0.145. The molecule has 26 heavy (non-hydrogen) atoms. The number of benzene rings is 1. The van der Waals surface area contributed by atoms with Gasteiger partial charge in [0.1, 0.15) is 12.4 Å². The van der Waals surface area contributed by atoms with Crippen molar-refractivity contribution in [2.75, 3.05) is 5.32 Å². The van der Waals surface area contributed by atoms with E-state index in [9.17, 15) is 14.0 Å². The Bertz CT molecular complexity index is 968. The Morgan fingerprint density at radius 1 is 1.19 bits per heavy atom. The maximum atomic E-state index is 13.7. The lowest BCUT2D eigenvalue weighted by Crippen LogP contribution is -2.20. The summed E-state index contributed by atoms with van der Waals surface area (Å²) in [6.45, 7) is 0.0438. The summed E-state index contributed by atoms with van der Waals surface area (Å²) in [7, 11) is 0. The highest BCUT2D eigenvalue weighted by atomic mass is 79.9. The number of hydrogen-bond donors (Lipinski definition) is 2. The normalized spacial score (nSPS) is 10.7. The monoisotopic (exact) mass is 421 g/mol. The zero-order chi connectivity index (χ0) is 18.7. The Labute approximate surface area is 155 Å². The fourth-order valence-corrected chi connectivity index (χ4v) is 2.66. The Morgan fingerprint density at radius 3 is 2.65 bits per heavy atom. The highest BCUT2D eigenvalue weighted by molar-refractivity contribution is 9.10. The van der Waals surface area contributed by atoms with Gasteiger partial charge in [0.05, 0.1) is 11.0 Å². The number of rotatable bonds is 6. The lowest BCUT2D eigenvalue weighted by Gasteiger charge is -2.04. The molecule has 0 bridgehead atoms. The zero-order valence-corrected chi connectivity index (χ0v) is 14.9. The van der Waals surface area contributed by atoms with Crippen molar-refractivity contribution in [3.63, 3.8) is 0 Å². The molecule has 0 fully saturated rings. The summed E-state index contributed by atoms with van der Waals surface area (Å²) in [6.07, 6.45) is 3.02. The van der Waals surface area contributed by atoms with Crippen LogP contribution in [-0.4, -0.2) is 36.5 Å². The van der Waals surface area contributed by atoms with Crippen molar-refractivity contribution < 1.29 is 19.1 Å². The van der Waals surface area contributed by atoms with E-state index in [1.54, 1.807) is 24.4 Å². The SMILES string of the molecule is O=C(Cn1ccc(C(=O)O)n1)Nc1nn(Cc2ccccc2F)cc1Br. The zero-order valence-electron chi connectivity index (χ0n) is 13.3. The second-order valence-corrected chi connectivity index (χ2v) is 6.22. The number of anilines is 1. The molecule has 3 rings (SSSR count). The number of carboxylic acid groups (broad SMARTS) is 1. The summed E-state index contributed by atoms with van der Waals surface area (Å²) < 4.78 is 17.0. The van der Waals surface area contributed by atoms with Crippen LogP contribution in [0.3, 0.4) is 0 Å². The molecule has 0 saturated carbocycles. The van der Waals surface area contributed by atoms with Gasteiger partial charge in [-0.1, -0.05) is 18.2 Å². The second kappa shape index (κ2) is 7.48. The smallest absolute Gasteiger partial charge is 0.356 e. The van der Waals surface area contributed by atoms with Crippen LogP contribution in [0.15, 0.2) is 47.2 Å².